The number of aliphatic hydroxyl groups excluding tert-OH is 2. The van der Waals surface area contributed by atoms with Crippen LogP contribution in [-0.2, 0) is 9.53 Å². The predicted octanol–water partition coefficient (Wildman–Crippen LogP) is 0.741. The molecule has 2 unspecified atom stereocenters. The summed E-state index contributed by atoms with van der Waals surface area (Å²) in [6.07, 6.45) is -3.23. The first-order valence-electron chi connectivity index (χ1n) is 6.33. The molecule has 0 radical (unpaired) electrons. The first-order chi connectivity index (χ1) is 9.88. The Hall–Kier alpha value is -2.12. The molecule has 0 bridgehead atoms. The standard InChI is InChI=1S/C14H18O7/c1-3-21-12(16)7-11(15)13(17)8-4-9(14(18)19)6-10(5-8)20-2/h4-6,11,13,15,17H,3,7H2,1-2H3,(H,18,19). The van der Waals surface area contributed by atoms with Gasteiger partial charge >= 0.3 is 11.9 Å². The molecule has 0 amide bonds. The van der Waals surface area contributed by atoms with E-state index in [-0.39, 0.29) is 23.5 Å². The second-order valence-electron chi connectivity index (χ2n) is 4.32. The minimum atomic E-state index is -1.43. The van der Waals surface area contributed by atoms with Crippen LogP contribution in [-0.4, -0.2) is 47.1 Å². The molecule has 7 nitrogen and oxygen atoms in total. The molecule has 0 aromatic heterocycles. The van der Waals surface area contributed by atoms with E-state index in [2.05, 4.69) is 4.74 Å². The Morgan fingerprint density at radius 1 is 1.24 bits per heavy atom. The van der Waals surface area contributed by atoms with E-state index in [9.17, 15) is 19.8 Å². The van der Waals surface area contributed by atoms with Gasteiger partial charge in [0, 0.05) is 0 Å². The van der Waals surface area contributed by atoms with Gasteiger partial charge in [-0.15, -0.1) is 0 Å². The second kappa shape index (κ2) is 7.61. The lowest BCUT2D eigenvalue weighted by Gasteiger charge is -2.18. The highest BCUT2D eigenvalue weighted by Gasteiger charge is 2.23. The average Bonchev–Trinajstić information content (AvgIpc) is 2.45. The van der Waals surface area contributed by atoms with Crippen molar-refractivity contribution in [1.82, 2.24) is 0 Å². The Kier molecular flexibility index (Phi) is 6.13. The van der Waals surface area contributed by atoms with Gasteiger partial charge in [0.25, 0.3) is 0 Å². The van der Waals surface area contributed by atoms with E-state index in [1.807, 2.05) is 0 Å². The number of esters is 1. The van der Waals surface area contributed by atoms with Crippen molar-refractivity contribution in [3.05, 3.63) is 29.3 Å². The number of aromatic carboxylic acids is 1. The predicted molar refractivity (Wildman–Crippen MR) is 72.2 cm³/mol. The Labute approximate surface area is 121 Å². The van der Waals surface area contributed by atoms with Gasteiger partial charge in [-0.25, -0.2) is 4.79 Å². The van der Waals surface area contributed by atoms with Crippen LogP contribution in [0.25, 0.3) is 0 Å². The zero-order valence-corrected chi connectivity index (χ0v) is 11.8. The molecule has 0 aliphatic rings. The molecule has 1 aromatic carbocycles. The molecule has 116 valence electrons. The molecule has 21 heavy (non-hydrogen) atoms. The lowest BCUT2D eigenvalue weighted by Crippen LogP contribution is -2.23. The highest BCUT2D eigenvalue weighted by Crippen LogP contribution is 2.25. The molecule has 0 fully saturated rings. The van der Waals surface area contributed by atoms with Gasteiger partial charge in [0.1, 0.15) is 11.9 Å². The maximum atomic E-state index is 11.3. The Morgan fingerprint density at radius 3 is 2.43 bits per heavy atom. The molecule has 3 N–H and O–H groups in total. The lowest BCUT2D eigenvalue weighted by atomic mass is 9.99. The number of carboxylic acid groups (broad SMARTS) is 1. The van der Waals surface area contributed by atoms with Gasteiger partial charge in [-0.2, -0.15) is 0 Å². The van der Waals surface area contributed by atoms with Crippen LogP contribution in [0.2, 0.25) is 0 Å². The van der Waals surface area contributed by atoms with E-state index in [0.29, 0.717) is 0 Å². The molecule has 1 rings (SSSR count). The van der Waals surface area contributed by atoms with Gasteiger partial charge in [-0.3, -0.25) is 4.79 Å². The second-order valence-corrected chi connectivity index (χ2v) is 4.32. The van der Waals surface area contributed by atoms with E-state index < -0.39 is 30.6 Å². The highest BCUT2D eigenvalue weighted by atomic mass is 16.5. The van der Waals surface area contributed by atoms with Gasteiger partial charge in [-0.05, 0) is 30.7 Å². The van der Waals surface area contributed by atoms with Crippen molar-refractivity contribution in [2.45, 2.75) is 25.6 Å². The zero-order valence-electron chi connectivity index (χ0n) is 11.8. The number of ether oxygens (including phenoxy) is 2. The summed E-state index contributed by atoms with van der Waals surface area (Å²) >= 11 is 0. The lowest BCUT2D eigenvalue weighted by molar-refractivity contribution is -0.147. The fourth-order valence-corrected chi connectivity index (χ4v) is 1.76. The van der Waals surface area contributed by atoms with Crippen LogP contribution in [0.4, 0.5) is 0 Å². The molecular formula is C14H18O7. The summed E-state index contributed by atoms with van der Waals surface area (Å²) in [7, 11) is 1.35. The van der Waals surface area contributed by atoms with Crippen LogP contribution >= 0.6 is 0 Å². The summed E-state index contributed by atoms with van der Waals surface area (Å²) < 4.78 is 9.62. The molecule has 7 heteroatoms. The van der Waals surface area contributed by atoms with Gasteiger partial charge in [0.2, 0.25) is 0 Å². The van der Waals surface area contributed by atoms with E-state index in [1.54, 1.807) is 6.92 Å². The Balaban J connectivity index is 2.94. The third kappa shape index (κ3) is 4.73. The molecule has 0 spiro atoms. The third-order valence-corrected chi connectivity index (χ3v) is 2.80. The smallest absolute Gasteiger partial charge is 0.335 e. The number of rotatable bonds is 7. The highest BCUT2D eigenvalue weighted by molar-refractivity contribution is 5.88. The largest absolute Gasteiger partial charge is 0.497 e. The van der Waals surface area contributed by atoms with Gasteiger partial charge in [0.15, 0.2) is 0 Å². The first-order valence-corrected chi connectivity index (χ1v) is 6.33. The summed E-state index contributed by atoms with van der Waals surface area (Å²) in [5, 5.41) is 28.8. The third-order valence-electron chi connectivity index (χ3n) is 2.80. The number of hydrogen-bond donors (Lipinski definition) is 3. The minimum Gasteiger partial charge on any atom is -0.497 e. The van der Waals surface area contributed by atoms with Crippen LogP contribution in [0, 0.1) is 0 Å². The number of carbonyl (C=O) groups is 2. The van der Waals surface area contributed by atoms with Gasteiger partial charge < -0.3 is 24.8 Å². The molecule has 0 aliphatic carbocycles. The fraction of sp³-hybridized carbons (Fsp3) is 0.429. The summed E-state index contributed by atoms with van der Waals surface area (Å²) in [5.41, 5.74) is 0.0512. The molecule has 0 aliphatic heterocycles. The van der Waals surface area contributed by atoms with Crippen LogP contribution in [0.1, 0.15) is 35.4 Å². The summed E-state index contributed by atoms with van der Waals surface area (Å²) in [5.74, 6) is -1.61. The number of aliphatic hydroxyl groups is 2. The molecule has 2 atom stereocenters. The Bertz CT molecular complexity index is 512. The van der Waals surface area contributed by atoms with Crippen molar-refractivity contribution in [2.75, 3.05) is 13.7 Å². The van der Waals surface area contributed by atoms with Crippen LogP contribution in [0.15, 0.2) is 18.2 Å². The first kappa shape index (κ1) is 16.9. The maximum Gasteiger partial charge on any atom is 0.335 e. The monoisotopic (exact) mass is 298 g/mol. The summed E-state index contributed by atoms with van der Waals surface area (Å²) in [6, 6.07) is 3.89. The SMILES string of the molecule is CCOC(=O)CC(O)C(O)c1cc(OC)cc(C(=O)O)c1. The van der Waals surface area contributed by atoms with E-state index in [0.717, 1.165) is 0 Å². The average molecular weight is 298 g/mol. The van der Waals surface area contributed by atoms with E-state index in [4.69, 9.17) is 9.84 Å². The van der Waals surface area contributed by atoms with Crippen molar-refractivity contribution in [3.63, 3.8) is 0 Å². The van der Waals surface area contributed by atoms with Gasteiger partial charge in [0.05, 0.1) is 31.8 Å². The number of methoxy groups -OCH3 is 1. The normalized spacial score (nSPS) is 13.3. The van der Waals surface area contributed by atoms with Gasteiger partial charge in [-0.1, -0.05) is 0 Å². The molecular weight excluding hydrogens is 280 g/mol. The van der Waals surface area contributed by atoms with Crippen molar-refractivity contribution < 1.29 is 34.4 Å². The topological polar surface area (TPSA) is 113 Å². The molecule has 0 saturated carbocycles. The zero-order chi connectivity index (χ0) is 16.0. The number of hydrogen-bond acceptors (Lipinski definition) is 6. The number of benzene rings is 1. The summed E-state index contributed by atoms with van der Waals surface area (Å²) in [4.78, 5) is 22.3. The van der Waals surface area contributed by atoms with Crippen molar-refractivity contribution >= 4 is 11.9 Å². The Morgan fingerprint density at radius 2 is 1.90 bits per heavy atom. The number of carboxylic acids is 1. The van der Waals surface area contributed by atoms with Crippen LogP contribution < -0.4 is 4.74 Å². The maximum absolute atomic E-state index is 11.3. The minimum absolute atomic E-state index is 0.0910. The molecule has 1 aromatic rings. The quantitative estimate of drug-likeness (QED) is 0.636. The molecule has 0 heterocycles. The van der Waals surface area contributed by atoms with Crippen molar-refractivity contribution in [1.29, 1.82) is 0 Å². The fourth-order valence-electron chi connectivity index (χ4n) is 1.76. The number of carbonyl (C=O) groups excluding carboxylic acids is 1. The van der Waals surface area contributed by atoms with E-state index >= 15 is 0 Å². The van der Waals surface area contributed by atoms with Crippen LogP contribution in [0.3, 0.4) is 0 Å². The van der Waals surface area contributed by atoms with Crippen molar-refractivity contribution in [2.24, 2.45) is 0 Å². The van der Waals surface area contributed by atoms with Crippen molar-refractivity contribution in [3.8, 4) is 5.75 Å². The van der Waals surface area contributed by atoms with Crippen LogP contribution in [0.5, 0.6) is 5.75 Å². The van der Waals surface area contributed by atoms with E-state index in [1.165, 1.54) is 25.3 Å². The summed E-state index contributed by atoms with van der Waals surface area (Å²) in [6.45, 7) is 1.80. The molecule has 0 saturated heterocycles.